The van der Waals surface area contributed by atoms with E-state index < -0.39 is 0 Å². The summed E-state index contributed by atoms with van der Waals surface area (Å²) in [5.41, 5.74) is 5.33. The molecule has 0 aromatic carbocycles. The second-order valence-corrected chi connectivity index (χ2v) is 8.26. The highest BCUT2D eigenvalue weighted by Crippen LogP contribution is 2.62. The van der Waals surface area contributed by atoms with Crippen LogP contribution < -0.4 is 0 Å². The fourth-order valence-corrected chi connectivity index (χ4v) is 5.82. The molecule has 3 saturated carbocycles. The second kappa shape index (κ2) is 11.7. The van der Waals surface area contributed by atoms with E-state index in [1.165, 1.54) is 56.9 Å². The Labute approximate surface area is 170 Å². The molecule has 3 fully saturated rings. The molecule has 0 heteroatoms. The van der Waals surface area contributed by atoms with Gasteiger partial charge in [-0.25, -0.2) is 0 Å². The average molecular weight is 371 g/mol. The van der Waals surface area contributed by atoms with Crippen molar-refractivity contribution in [1.29, 1.82) is 0 Å². The molecule has 0 amide bonds. The van der Waals surface area contributed by atoms with Crippen LogP contribution in [0.15, 0.2) is 47.6 Å². The van der Waals surface area contributed by atoms with Crippen LogP contribution in [0, 0.1) is 23.2 Å². The molecule has 0 saturated heterocycles. The summed E-state index contributed by atoms with van der Waals surface area (Å²) in [5, 5.41) is 0. The first-order chi connectivity index (χ1) is 13.1. The van der Waals surface area contributed by atoms with E-state index in [-0.39, 0.29) is 0 Å². The third-order valence-corrected chi connectivity index (χ3v) is 7.10. The summed E-state index contributed by atoms with van der Waals surface area (Å²) in [6.45, 7) is 18.9. The van der Waals surface area contributed by atoms with Crippen LogP contribution in [0.25, 0.3) is 0 Å². The second-order valence-electron chi connectivity index (χ2n) is 8.26. The van der Waals surface area contributed by atoms with Gasteiger partial charge in [0.1, 0.15) is 0 Å². The molecule has 0 N–H and O–H groups in total. The fraction of sp³-hybridized carbons (Fsp3) is 0.704. The van der Waals surface area contributed by atoms with Crippen molar-refractivity contribution in [2.24, 2.45) is 23.2 Å². The predicted octanol–water partition coefficient (Wildman–Crippen LogP) is 9.06. The lowest BCUT2D eigenvalue weighted by atomic mass is 9.55. The Morgan fingerprint density at radius 2 is 1.81 bits per heavy atom. The Morgan fingerprint density at radius 1 is 1.11 bits per heavy atom. The normalized spacial score (nSPS) is 35.4. The third-order valence-electron chi connectivity index (χ3n) is 7.10. The molecule has 4 unspecified atom stereocenters. The summed E-state index contributed by atoms with van der Waals surface area (Å²) in [4.78, 5) is 0. The molecule has 0 aliphatic heterocycles. The van der Waals surface area contributed by atoms with Crippen molar-refractivity contribution in [3.8, 4) is 0 Å². The minimum Gasteiger partial charge on any atom is -0.0988 e. The van der Waals surface area contributed by atoms with E-state index in [4.69, 9.17) is 0 Å². The molecule has 0 bridgehead atoms. The Bertz CT molecular complexity index is 544. The van der Waals surface area contributed by atoms with Crippen LogP contribution in [0.2, 0.25) is 0 Å². The molecule has 154 valence electrons. The molecule has 3 aliphatic carbocycles. The molecule has 0 radical (unpaired) electrons. The lowest BCUT2D eigenvalue weighted by Crippen LogP contribution is -2.41. The lowest BCUT2D eigenvalue weighted by molar-refractivity contribution is 0.0564. The summed E-state index contributed by atoms with van der Waals surface area (Å²) in [5.74, 6) is 2.73. The van der Waals surface area contributed by atoms with Gasteiger partial charge in [-0.2, -0.15) is 0 Å². The van der Waals surface area contributed by atoms with Crippen LogP contribution in [-0.2, 0) is 0 Å². The van der Waals surface area contributed by atoms with Gasteiger partial charge in [0.15, 0.2) is 0 Å². The Balaban J connectivity index is 0.000000855. The Kier molecular flexibility index (Phi) is 10.4. The number of rotatable bonds is 3. The van der Waals surface area contributed by atoms with E-state index >= 15 is 0 Å². The van der Waals surface area contributed by atoms with Gasteiger partial charge in [0.05, 0.1) is 0 Å². The van der Waals surface area contributed by atoms with Gasteiger partial charge in [0.2, 0.25) is 0 Å². The number of fused-ring (bicyclic) bond motifs is 3. The van der Waals surface area contributed by atoms with E-state index in [2.05, 4.69) is 45.6 Å². The van der Waals surface area contributed by atoms with Crippen molar-refractivity contribution >= 4 is 0 Å². The van der Waals surface area contributed by atoms with E-state index in [9.17, 15) is 0 Å². The maximum absolute atomic E-state index is 3.88. The molecule has 0 heterocycles. The van der Waals surface area contributed by atoms with Gasteiger partial charge >= 0.3 is 0 Å². The molecule has 3 rings (SSSR count). The van der Waals surface area contributed by atoms with Crippen molar-refractivity contribution < 1.29 is 0 Å². The van der Waals surface area contributed by atoms with Gasteiger partial charge in [0, 0.05) is 0 Å². The fourth-order valence-electron chi connectivity index (χ4n) is 5.82. The van der Waals surface area contributed by atoms with E-state index in [1.807, 2.05) is 33.8 Å². The van der Waals surface area contributed by atoms with Crippen molar-refractivity contribution in [3.63, 3.8) is 0 Å². The first kappa shape index (κ1) is 24.0. The molecule has 4 atom stereocenters. The highest BCUT2D eigenvalue weighted by molar-refractivity contribution is 5.29. The zero-order chi connectivity index (χ0) is 20.4. The van der Waals surface area contributed by atoms with Gasteiger partial charge < -0.3 is 0 Å². The highest BCUT2D eigenvalue weighted by Gasteiger charge is 2.52. The summed E-state index contributed by atoms with van der Waals surface area (Å²) in [6.07, 6.45) is 20.3. The quantitative estimate of drug-likeness (QED) is 0.343. The molecule has 0 spiro atoms. The maximum atomic E-state index is 3.88. The monoisotopic (exact) mass is 370 g/mol. The van der Waals surface area contributed by atoms with Gasteiger partial charge in [-0.05, 0) is 81.5 Å². The molecule has 27 heavy (non-hydrogen) atoms. The smallest absolute Gasteiger partial charge is 0.00850 e. The lowest BCUT2D eigenvalue weighted by Gasteiger charge is -2.50. The predicted molar refractivity (Wildman–Crippen MR) is 124 cm³/mol. The largest absolute Gasteiger partial charge is 0.0988 e. The SMILES string of the molecule is C=C/C(C)=C\C=C1/CCCC2C1CCC1(C)/C(=C\CC)CCC21.CC.CC. The van der Waals surface area contributed by atoms with Gasteiger partial charge in [0.25, 0.3) is 0 Å². The molecule has 0 nitrogen and oxygen atoms in total. The van der Waals surface area contributed by atoms with Crippen LogP contribution in [0.3, 0.4) is 0 Å². The molecule has 0 aromatic rings. The average Bonchev–Trinajstić information content (AvgIpc) is 3.06. The van der Waals surface area contributed by atoms with E-state index in [1.54, 1.807) is 11.1 Å². The zero-order valence-electron chi connectivity index (χ0n) is 19.4. The van der Waals surface area contributed by atoms with E-state index in [0.29, 0.717) is 5.41 Å². The van der Waals surface area contributed by atoms with Gasteiger partial charge in [-0.15, -0.1) is 0 Å². The summed E-state index contributed by atoms with van der Waals surface area (Å²) < 4.78 is 0. The maximum Gasteiger partial charge on any atom is -0.00850 e. The molecular weight excluding hydrogens is 324 g/mol. The minimum atomic E-state index is 0.520. The van der Waals surface area contributed by atoms with Crippen LogP contribution in [0.5, 0.6) is 0 Å². The van der Waals surface area contributed by atoms with Crippen molar-refractivity contribution in [2.45, 2.75) is 99.8 Å². The molecule has 0 aromatic heterocycles. The van der Waals surface area contributed by atoms with E-state index in [0.717, 1.165) is 17.8 Å². The topological polar surface area (TPSA) is 0 Å². The number of hydrogen-bond donors (Lipinski definition) is 0. The summed E-state index contributed by atoms with van der Waals surface area (Å²) in [6, 6.07) is 0. The Hall–Kier alpha value is -1.04. The summed E-state index contributed by atoms with van der Waals surface area (Å²) >= 11 is 0. The van der Waals surface area contributed by atoms with Crippen LogP contribution >= 0.6 is 0 Å². The van der Waals surface area contributed by atoms with Crippen molar-refractivity contribution in [1.82, 2.24) is 0 Å². The van der Waals surface area contributed by atoms with Crippen LogP contribution in [0.4, 0.5) is 0 Å². The number of allylic oxidation sites excluding steroid dienone is 7. The first-order valence-corrected chi connectivity index (χ1v) is 11.8. The summed E-state index contributed by atoms with van der Waals surface area (Å²) in [7, 11) is 0. The van der Waals surface area contributed by atoms with Gasteiger partial charge in [-0.1, -0.05) is 89.1 Å². The standard InChI is InChI=1S/C23H34.2C2H6/c1-5-8-19-13-14-22-21-10-7-9-18(12-11-17(3)6-2)20(21)15-16-23(19,22)4;2*1-2/h6,8,11-12,20-22H,2,5,7,9-10,13-16H2,1,3-4H3;2*1-2H3/b17-11-,18-12+,19-8-;;. The third kappa shape index (κ3) is 5.27. The minimum absolute atomic E-state index is 0.520. The van der Waals surface area contributed by atoms with Crippen molar-refractivity contribution in [3.05, 3.63) is 47.6 Å². The van der Waals surface area contributed by atoms with Crippen LogP contribution in [-0.4, -0.2) is 0 Å². The van der Waals surface area contributed by atoms with Crippen molar-refractivity contribution in [2.75, 3.05) is 0 Å². The zero-order valence-corrected chi connectivity index (χ0v) is 19.4. The first-order valence-electron chi connectivity index (χ1n) is 11.8. The van der Waals surface area contributed by atoms with Gasteiger partial charge in [-0.3, -0.25) is 0 Å². The number of hydrogen-bond acceptors (Lipinski definition) is 0. The highest BCUT2D eigenvalue weighted by atomic mass is 14.6. The van der Waals surface area contributed by atoms with Crippen LogP contribution in [0.1, 0.15) is 99.8 Å². The molecule has 3 aliphatic rings. The Morgan fingerprint density at radius 3 is 2.44 bits per heavy atom. The molecular formula is C27H46.